The van der Waals surface area contributed by atoms with Gasteiger partial charge in [0.05, 0.1) is 38.9 Å². The molecule has 1 fully saturated rings. The van der Waals surface area contributed by atoms with E-state index >= 15 is 0 Å². The summed E-state index contributed by atoms with van der Waals surface area (Å²) in [5.74, 6) is 0.582. The van der Waals surface area contributed by atoms with Crippen molar-refractivity contribution < 1.29 is 9.47 Å². The molecule has 0 radical (unpaired) electrons. The Morgan fingerprint density at radius 1 is 1.60 bits per heavy atom. The van der Waals surface area contributed by atoms with E-state index in [1.807, 2.05) is 6.07 Å². The number of hydrogen-bond acceptors (Lipinski definition) is 3. The molecule has 0 N–H and O–H groups in total. The molecule has 1 aliphatic rings. The lowest BCUT2D eigenvalue weighted by Gasteiger charge is -2.25. The molecule has 0 unspecified atom stereocenters. The lowest BCUT2D eigenvalue weighted by atomic mass is 10.1. The molecule has 1 aliphatic heterocycles. The van der Waals surface area contributed by atoms with Crippen LogP contribution in [0.1, 0.15) is 6.42 Å². The third kappa shape index (κ3) is 2.34. The van der Waals surface area contributed by atoms with Crippen LogP contribution in [0.25, 0.3) is 0 Å². The molecule has 0 aromatic heterocycles. The minimum absolute atomic E-state index is 0.494. The highest BCUT2D eigenvalue weighted by molar-refractivity contribution is 4.68. The maximum atomic E-state index is 8.15. The van der Waals surface area contributed by atoms with Crippen molar-refractivity contribution in [2.24, 2.45) is 5.92 Å². The van der Waals surface area contributed by atoms with Gasteiger partial charge in [0.2, 0.25) is 0 Å². The maximum absolute atomic E-state index is 8.15. The summed E-state index contributed by atoms with van der Waals surface area (Å²) < 4.78 is 10.1. The summed E-state index contributed by atoms with van der Waals surface area (Å²) >= 11 is 0. The molecule has 0 spiro atoms. The van der Waals surface area contributed by atoms with E-state index in [-0.39, 0.29) is 0 Å². The van der Waals surface area contributed by atoms with Crippen molar-refractivity contribution in [3.63, 3.8) is 0 Å². The van der Waals surface area contributed by atoms with Crippen molar-refractivity contribution in [2.45, 2.75) is 6.42 Å². The summed E-state index contributed by atoms with van der Waals surface area (Å²) in [6, 6.07) is 2.02. The first kappa shape index (κ1) is 7.52. The molecule has 0 aromatic carbocycles. The van der Waals surface area contributed by atoms with E-state index in [4.69, 9.17) is 14.7 Å². The van der Waals surface area contributed by atoms with Gasteiger partial charge in [0.1, 0.15) is 0 Å². The third-order valence-electron chi connectivity index (χ3n) is 1.42. The normalized spacial score (nSPS) is 17.9. The first-order valence-corrected chi connectivity index (χ1v) is 3.46. The van der Waals surface area contributed by atoms with Crippen LogP contribution in [0, 0.1) is 17.2 Å². The fourth-order valence-corrected chi connectivity index (χ4v) is 0.749. The Balaban J connectivity index is 1.81. The zero-order valence-electron chi connectivity index (χ0n) is 5.88. The number of nitriles is 1. The van der Waals surface area contributed by atoms with Gasteiger partial charge < -0.3 is 9.47 Å². The maximum Gasteiger partial charge on any atom is 0.0645 e. The van der Waals surface area contributed by atoms with Crippen LogP contribution >= 0.6 is 0 Å². The highest BCUT2D eigenvalue weighted by Gasteiger charge is 2.17. The van der Waals surface area contributed by atoms with E-state index < -0.39 is 0 Å². The first-order chi connectivity index (χ1) is 4.93. The summed E-state index contributed by atoms with van der Waals surface area (Å²) in [6.07, 6.45) is 0.494. The zero-order valence-corrected chi connectivity index (χ0v) is 5.88. The van der Waals surface area contributed by atoms with Crippen LogP contribution in [0.2, 0.25) is 0 Å². The van der Waals surface area contributed by atoms with Crippen LogP contribution in [0.5, 0.6) is 0 Å². The van der Waals surface area contributed by atoms with E-state index in [9.17, 15) is 0 Å². The van der Waals surface area contributed by atoms with E-state index in [1.54, 1.807) is 0 Å². The minimum Gasteiger partial charge on any atom is -0.381 e. The average molecular weight is 141 g/mol. The minimum atomic E-state index is 0.494. The molecule has 0 atom stereocenters. The van der Waals surface area contributed by atoms with Crippen molar-refractivity contribution in [3.05, 3.63) is 0 Å². The Bertz CT molecular complexity index is 126. The van der Waals surface area contributed by atoms with Crippen LogP contribution in [0.15, 0.2) is 0 Å². The Hall–Kier alpha value is -0.590. The summed E-state index contributed by atoms with van der Waals surface area (Å²) in [5, 5.41) is 8.15. The Morgan fingerprint density at radius 2 is 2.40 bits per heavy atom. The van der Waals surface area contributed by atoms with Gasteiger partial charge in [-0.25, -0.2) is 0 Å². The summed E-state index contributed by atoms with van der Waals surface area (Å²) in [6.45, 7) is 2.97. The van der Waals surface area contributed by atoms with Gasteiger partial charge in [-0.3, -0.25) is 0 Å². The fraction of sp³-hybridized carbons (Fsp3) is 0.857. The van der Waals surface area contributed by atoms with Gasteiger partial charge in [-0.1, -0.05) is 0 Å². The highest BCUT2D eigenvalue weighted by atomic mass is 16.5. The van der Waals surface area contributed by atoms with Crippen LogP contribution < -0.4 is 0 Å². The molecule has 3 nitrogen and oxygen atoms in total. The molecule has 0 saturated carbocycles. The number of ether oxygens (including phenoxy) is 2. The van der Waals surface area contributed by atoms with Crippen molar-refractivity contribution >= 4 is 0 Å². The van der Waals surface area contributed by atoms with Gasteiger partial charge in [-0.15, -0.1) is 0 Å². The van der Waals surface area contributed by atoms with Crippen LogP contribution in [-0.2, 0) is 9.47 Å². The summed E-state index contributed by atoms with van der Waals surface area (Å²) in [4.78, 5) is 0. The second kappa shape index (κ2) is 4.26. The highest BCUT2D eigenvalue weighted by Crippen LogP contribution is 2.09. The standard InChI is InChI=1S/C7H11NO2/c8-2-1-3-9-4-7-5-10-6-7/h7H,1,3-6H2. The van der Waals surface area contributed by atoms with E-state index in [1.165, 1.54) is 0 Å². The number of nitrogens with zero attached hydrogens (tertiary/aromatic N) is 1. The molecule has 0 aliphatic carbocycles. The predicted octanol–water partition coefficient (Wildman–Crippen LogP) is 0.563. The van der Waals surface area contributed by atoms with E-state index in [2.05, 4.69) is 0 Å². The van der Waals surface area contributed by atoms with Gasteiger partial charge in [0.15, 0.2) is 0 Å². The molecule has 1 heterocycles. The van der Waals surface area contributed by atoms with E-state index in [0.717, 1.165) is 19.8 Å². The number of rotatable bonds is 4. The Kier molecular flexibility index (Phi) is 3.20. The quantitative estimate of drug-likeness (QED) is 0.537. The van der Waals surface area contributed by atoms with Crippen LogP contribution in [0.3, 0.4) is 0 Å². The van der Waals surface area contributed by atoms with Crippen molar-refractivity contribution in [3.8, 4) is 6.07 Å². The van der Waals surface area contributed by atoms with Crippen LogP contribution in [0.4, 0.5) is 0 Å². The molecule has 1 saturated heterocycles. The van der Waals surface area contributed by atoms with Gasteiger partial charge in [-0.2, -0.15) is 5.26 Å². The lowest BCUT2D eigenvalue weighted by molar-refractivity contribution is -0.0708. The smallest absolute Gasteiger partial charge is 0.0645 e. The van der Waals surface area contributed by atoms with E-state index in [0.29, 0.717) is 18.9 Å². The van der Waals surface area contributed by atoms with Gasteiger partial charge in [0, 0.05) is 5.92 Å². The molecule has 0 bridgehead atoms. The number of hydrogen-bond donors (Lipinski definition) is 0. The first-order valence-electron chi connectivity index (χ1n) is 3.46. The van der Waals surface area contributed by atoms with Crippen molar-refractivity contribution in [1.29, 1.82) is 5.26 Å². The van der Waals surface area contributed by atoms with Crippen LogP contribution in [-0.4, -0.2) is 26.4 Å². The predicted molar refractivity (Wildman–Crippen MR) is 35.4 cm³/mol. The monoisotopic (exact) mass is 141 g/mol. The largest absolute Gasteiger partial charge is 0.381 e. The fourth-order valence-electron chi connectivity index (χ4n) is 0.749. The third-order valence-corrected chi connectivity index (χ3v) is 1.42. The molecular weight excluding hydrogens is 130 g/mol. The molecule has 0 aromatic rings. The second-order valence-corrected chi connectivity index (χ2v) is 2.39. The second-order valence-electron chi connectivity index (χ2n) is 2.39. The van der Waals surface area contributed by atoms with Crippen molar-refractivity contribution in [1.82, 2.24) is 0 Å². The molecule has 10 heavy (non-hydrogen) atoms. The topological polar surface area (TPSA) is 42.2 Å². The lowest BCUT2D eigenvalue weighted by Crippen LogP contribution is -2.31. The van der Waals surface area contributed by atoms with Gasteiger partial charge in [0.25, 0.3) is 0 Å². The molecule has 1 rings (SSSR count). The molecule has 56 valence electrons. The summed E-state index contributed by atoms with van der Waals surface area (Å²) in [5.41, 5.74) is 0. The van der Waals surface area contributed by atoms with Gasteiger partial charge in [-0.05, 0) is 0 Å². The Labute approximate surface area is 60.5 Å². The summed E-state index contributed by atoms with van der Waals surface area (Å²) in [7, 11) is 0. The SMILES string of the molecule is N#CCCOCC1COC1. The molecule has 0 amide bonds. The molecule has 3 heteroatoms. The van der Waals surface area contributed by atoms with Gasteiger partial charge >= 0.3 is 0 Å². The molecular formula is C7H11NO2. The zero-order chi connectivity index (χ0) is 7.23. The Morgan fingerprint density at radius 3 is 2.90 bits per heavy atom. The van der Waals surface area contributed by atoms with Crippen molar-refractivity contribution in [2.75, 3.05) is 26.4 Å². The average Bonchev–Trinajstić information content (AvgIpc) is 1.84.